The van der Waals surface area contributed by atoms with Crippen LogP contribution >= 0.6 is 11.6 Å². The average Bonchev–Trinajstić information content (AvgIpc) is 3.41. The van der Waals surface area contributed by atoms with Gasteiger partial charge in [-0.15, -0.1) is 0 Å². The normalized spacial score (nSPS) is 13.6. The van der Waals surface area contributed by atoms with Crippen molar-refractivity contribution >= 4 is 23.3 Å². The number of imidazole rings is 1. The Morgan fingerprint density at radius 1 is 0.915 bits per heavy atom. The average molecular weight is 658 g/mol. The van der Waals surface area contributed by atoms with Gasteiger partial charge in [-0.25, -0.2) is 9.78 Å². The van der Waals surface area contributed by atoms with Crippen LogP contribution in [0.25, 0.3) is 11.1 Å². The Hall–Kier alpha value is -3.85. The summed E-state index contributed by atoms with van der Waals surface area (Å²) < 4.78 is 12.8. The van der Waals surface area contributed by atoms with Gasteiger partial charge < -0.3 is 24.3 Å². The lowest BCUT2D eigenvalue weighted by Crippen LogP contribution is -2.46. The summed E-state index contributed by atoms with van der Waals surface area (Å²) in [5.74, 6) is 1.64. The first-order valence-electron chi connectivity index (χ1n) is 16.8. The minimum Gasteiger partial charge on any atom is -0.495 e. The number of methoxy groups -OCH3 is 2. The van der Waals surface area contributed by atoms with Gasteiger partial charge in [0.15, 0.2) is 5.15 Å². The lowest BCUT2D eigenvalue weighted by molar-refractivity contribution is 0.0601. The van der Waals surface area contributed by atoms with E-state index in [1.54, 1.807) is 13.2 Å². The van der Waals surface area contributed by atoms with Crippen molar-refractivity contribution in [3.8, 4) is 16.9 Å². The van der Waals surface area contributed by atoms with Gasteiger partial charge in [-0.3, -0.25) is 4.90 Å². The minimum absolute atomic E-state index is 0.335. The number of unbranched alkanes of at least 4 members (excludes halogenated alkanes) is 2. The van der Waals surface area contributed by atoms with Crippen molar-refractivity contribution in [2.45, 2.75) is 52.1 Å². The molecule has 250 valence electrons. The number of piperazine rings is 1. The first-order valence-corrected chi connectivity index (χ1v) is 17.2. The second-order valence-corrected chi connectivity index (χ2v) is 12.4. The highest BCUT2D eigenvalue weighted by atomic mass is 35.5. The Morgan fingerprint density at radius 3 is 2.40 bits per heavy atom. The highest BCUT2D eigenvalue weighted by Gasteiger charge is 2.20. The molecule has 0 unspecified atom stereocenters. The van der Waals surface area contributed by atoms with Crippen LogP contribution in [0.4, 0.5) is 5.69 Å². The molecule has 5 rings (SSSR count). The van der Waals surface area contributed by atoms with E-state index in [0.717, 1.165) is 105 Å². The number of carbonyl (C=O) groups is 1. The number of aromatic nitrogens is 2. The lowest BCUT2D eigenvalue weighted by atomic mass is 9.98. The summed E-state index contributed by atoms with van der Waals surface area (Å²) in [4.78, 5) is 22.1. The third-order valence-corrected chi connectivity index (χ3v) is 9.27. The van der Waals surface area contributed by atoms with E-state index in [0.29, 0.717) is 23.8 Å². The highest BCUT2D eigenvalue weighted by molar-refractivity contribution is 6.30. The van der Waals surface area contributed by atoms with Crippen molar-refractivity contribution < 1.29 is 14.3 Å². The number of hydrogen-bond donors (Lipinski definition) is 1. The molecule has 47 heavy (non-hydrogen) atoms. The summed E-state index contributed by atoms with van der Waals surface area (Å²) in [7, 11) is 3.15. The largest absolute Gasteiger partial charge is 0.495 e. The van der Waals surface area contributed by atoms with E-state index >= 15 is 0 Å². The highest BCUT2D eigenvalue weighted by Crippen LogP contribution is 2.29. The topological polar surface area (TPSA) is 71.9 Å². The zero-order chi connectivity index (χ0) is 33.0. The SMILES string of the molecule is CCCCc1nc(Cl)c(CNCCCCN2CCN(c3ccccc3OC)CC2)n1Cc1ccc(-c2ccccc2C(=O)OC)cc1. The summed E-state index contributed by atoms with van der Waals surface area (Å²) in [5.41, 5.74) is 5.78. The van der Waals surface area contributed by atoms with Gasteiger partial charge in [0.25, 0.3) is 0 Å². The van der Waals surface area contributed by atoms with Gasteiger partial charge in [0, 0.05) is 45.7 Å². The number of rotatable bonds is 16. The summed E-state index contributed by atoms with van der Waals surface area (Å²) in [6.45, 7) is 9.79. The van der Waals surface area contributed by atoms with Crippen molar-refractivity contribution in [1.29, 1.82) is 0 Å². The van der Waals surface area contributed by atoms with Crippen molar-refractivity contribution in [2.75, 3.05) is 58.4 Å². The van der Waals surface area contributed by atoms with Crippen LogP contribution in [0, 0.1) is 0 Å². The maximum atomic E-state index is 12.3. The molecule has 1 fully saturated rings. The number of nitrogens with zero attached hydrogens (tertiary/aromatic N) is 4. The number of para-hydroxylation sites is 2. The molecule has 0 radical (unpaired) electrons. The van der Waals surface area contributed by atoms with Crippen LogP contribution < -0.4 is 15.0 Å². The molecule has 0 aliphatic carbocycles. The zero-order valence-electron chi connectivity index (χ0n) is 28.0. The van der Waals surface area contributed by atoms with Gasteiger partial charge >= 0.3 is 5.97 Å². The fourth-order valence-corrected chi connectivity index (χ4v) is 6.54. The number of benzene rings is 3. The van der Waals surface area contributed by atoms with Crippen molar-refractivity contribution in [2.24, 2.45) is 0 Å². The fraction of sp³-hybridized carbons (Fsp3) is 0.421. The third kappa shape index (κ3) is 8.95. The number of aryl methyl sites for hydroxylation is 1. The summed E-state index contributed by atoms with van der Waals surface area (Å²) in [6.07, 6.45) is 5.32. The lowest BCUT2D eigenvalue weighted by Gasteiger charge is -2.36. The molecule has 9 heteroatoms. The van der Waals surface area contributed by atoms with Crippen LogP contribution in [0.3, 0.4) is 0 Å². The second kappa shape index (κ2) is 17.3. The van der Waals surface area contributed by atoms with Gasteiger partial charge in [0.05, 0.1) is 31.2 Å². The number of halogens is 1. The maximum Gasteiger partial charge on any atom is 0.338 e. The van der Waals surface area contributed by atoms with Gasteiger partial charge in [-0.2, -0.15) is 0 Å². The molecule has 8 nitrogen and oxygen atoms in total. The Balaban J connectivity index is 1.13. The van der Waals surface area contributed by atoms with Gasteiger partial charge in [0.2, 0.25) is 0 Å². The van der Waals surface area contributed by atoms with Crippen molar-refractivity contribution in [3.63, 3.8) is 0 Å². The number of hydrogen-bond acceptors (Lipinski definition) is 7. The molecule has 1 N–H and O–H groups in total. The molecule has 0 bridgehead atoms. The predicted octanol–water partition coefficient (Wildman–Crippen LogP) is 7.08. The van der Waals surface area contributed by atoms with E-state index in [1.165, 1.54) is 12.8 Å². The van der Waals surface area contributed by atoms with Crippen LogP contribution in [0.2, 0.25) is 5.15 Å². The quantitative estimate of drug-likeness (QED) is 0.102. The molecule has 1 aromatic heterocycles. The van der Waals surface area contributed by atoms with E-state index in [1.807, 2.05) is 30.3 Å². The first kappa shape index (κ1) is 34.5. The summed E-state index contributed by atoms with van der Waals surface area (Å²) in [6, 6.07) is 24.2. The first-order chi connectivity index (χ1) is 23.0. The van der Waals surface area contributed by atoms with E-state index < -0.39 is 0 Å². The number of esters is 1. The monoisotopic (exact) mass is 657 g/mol. The van der Waals surface area contributed by atoms with Gasteiger partial charge in [-0.05, 0) is 67.2 Å². The van der Waals surface area contributed by atoms with Crippen LogP contribution in [-0.4, -0.2) is 73.9 Å². The predicted molar refractivity (Wildman–Crippen MR) is 191 cm³/mol. The van der Waals surface area contributed by atoms with Crippen LogP contribution in [0.15, 0.2) is 72.8 Å². The molecule has 0 atom stereocenters. The number of ether oxygens (including phenoxy) is 2. The standard InChI is InChI=1S/C38H48ClN5O3/c1-4-5-16-36-41-37(39)34(44(36)28-29-17-19-30(20-18-29)31-12-6-7-13-32(31)38(45)47-3)27-40-21-10-11-22-42-23-25-43(26-24-42)33-14-8-9-15-35(33)46-2/h6-9,12-15,17-20,40H,4-5,10-11,16,21-28H2,1-3H3. The second-order valence-electron chi connectivity index (χ2n) is 12.1. The fourth-order valence-electron chi connectivity index (χ4n) is 6.28. The van der Waals surface area contributed by atoms with E-state index in [9.17, 15) is 4.79 Å². The van der Waals surface area contributed by atoms with E-state index in [4.69, 9.17) is 26.1 Å². The molecule has 2 heterocycles. The Kier molecular flexibility index (Phi) is 12.7. The zero-order valence-corrected chi connectivity index (χ0v) is 28.8. The Bertz CT molecular complexity index is 1580. The molecule has 0 spiro atoms. The van der Waals surface area contributed by atoms with Crippen molar-refractivity contribution in [1.82, 2.24) is 19.8 Å². The van der Waals surface area contributed by atoms with Crippen LogP contribution in [0.1, 0.15) is 60.0 Å². The molecule has 1 saturated heterocycles. The molecule has 1 aliphatic rings. The van der Waals surface area contributed by atoms with Gasteiger partial charge in [0.1, 0.15) is 11.6 Å². The molecule has 0 amide bonds. The smallest absolute Gasteiger partial charge is 0.338 e. The molecular formula is C38H48ClN5O3. The molecule has 4 aromatic rings. The van der Waals surface area contributed by atoms with Crippen LogP contribution in [-0.2, 0) is 24.2 Å². The molecular weight excluding hydrogens is 610 g/mol. The number of anilines is 1. The summed E-state index contributed by atoms with van der Waals surface area (Å²) >= 11 is 6.74. The minimum atomic E-state index is -0.335. The maximum absolute atomic E-state index is 12.3. The molecule has 1 aliphatic heterocycles. The van der Waals surface area contributed by atoms with Crippen LogP contribution in [0.5, 0.6) is 5.75 Å². The number of carbonyl (C=O) groups excluding carboxylic acids is 1. The number of nitrogens with one attached hydrogen (secondary N) is 1. The molecule has 0 saturated carbocycles. The van der Waals surface area contributed by atoms with Gasteiger partial charge in [-0.1, -0.05) is 79.5 Å². The van der Waals surface area contributed by atoms with E-state index in [2.05, 4.69) is 63.0 Å². The Morgan fingerprint density at radius 2 is 1.66 bits per heavy atom. The van der Waals surface area contributed by atoms with E-state index in [-0.39, 0.29) is 5.97 Å². The third-order valence-electron chi connectivity index (χ3n) is 8.96. The summed E-state index contributed by atoms with van der Waals surface area (Å²) in [5, 5.41) is 4.22. The molecule has 3 aromatic carbocycles. The van der Waals surface area contributed by atoms with Crippen molar-refractivity contribution in [3.05, 3.63) is 101 Å². The Labute approximate surface area is 284 Å².